The lowest BCUT2D eigenvalue weighted by Gasteiger charge is -2.26. The molecule has 100 valence electrons. The molecule has 2 unspecified atom stereocenters. The van der Waals surface area contributed by atoms with Gasteiger partial charge in [0.05, 0.1) is 0 Å². The Kier molecular flexibility index (Phi) is 6.52. The third-order valence-corrected chi connectivity index (χ3v) is 3.60. The first-order valence-corrected chi connectivity index (χ1v) is 6.92. The molecule has 0 spiro atoms. The molecule has 1 rings (SSSR count). The second-order valence-corrected chi connectivity index (χ2v) is 4.99. The zero-order valence-corrected chi connectivity index (χ0v) is 11.2. The van der Waals surface area contributed by atoms with E-state index in [0.29, 0.717) is 19.5 Å². The molecule has 4 nitrogen and oxygen atoms in total. The number of nitrogens with two attached hydrogens (primary N) is 1. The molecule has 1 fully saturated rings. The Morgan fingerprint density at radius 3 is 2.88 bits per heavy atom. The van der Waals surface area contributed by atoms with Crippen molar-refractivity contribution in [3.63, 3.8) is 0 Å². The number of carbonyl (C=O) groups excluding carboxylic acids is 1. The van der Waals surface area contributed by atoms with Crippen LogP contribution in [0.4, 0.5) is 0 Å². The Hall–Kier alpha value is -0.610. The summed E-state index contributed by atoms with van der Waals surface area (Å²) in [5.41, 5.74) is 5.79. The van der Waals surface area contributed by atoms with Gasteiger partial charge in [0.1, 0.15) is 0 Å². The van der Waals surface area contributed by atoms with E-state index in [-0.39, 0.29) is 11.9 Å². The van der Waals surface area contributed by atoms with Gasteiger partial charge in [-0.25, -0.2) is 0 Å². The maximum Gasteiger partial charge on any atom is 0.221 e. The number of nitrogens with one attached hydrogen (secondary N) is 1. The maximum atomic E-state index is 11.6. The van der Waals surface area contributed by atoms with Gasteiger partial charge in [-0.15, -0.1) is 0 Å². The largest absolute Gasteiger partial charge is 0.356 e. The summed E-state index contributed by atoms with van der Waals surface area (Å²) in [6, 6.07) is 0.225. The smallest absolute Gasteiger partial charge is 0.221 e. The van der Waals surface area contributed by atoms with Gasteiger partial charge >= 0.3 is 0 Å². The van der Waals surface area contributed by atoms with Crippen LogP contribution in [0.15, 0.2) is 0 Å². The van der Waals surface area contributed by atoms with E-state index in [1.54, 1.807) is 0 Å². The molecule has 0 aromatic rings. The summed E-state index contributed by atoms with van der Waals surface area (Å²) in [7, 11) is 0. The highest BCUT2D eigenvalue weighted by atomic mass is 16.1. The average molecular weight is 241 g/mol. The van der Waals surface area contributed by atoms with Crippen LogP contribution in [0.3, 0.4) is 0 Å². The lowest BCUT2D eigenvalue weighted by atomic mass is 10.0. The average Bonchev–Trinajstić information content (AvgIpc) is 2.75. The van der Waals surface area contributed by atoms with Crippen LogP contribution in [0.1, 0.15) is 39.5 Å². The topological polar surface area (TPSA) is 58.4 Å². The quantitative estimate of drug-likeness (QED) is 0.698. The van der Waals surface area contributed by atoms with Gasteiger partial charge in [0.15, 0.2) is 0 Å². The predicted molar refractivity (Wildman–Crippen MR) is 70.7 cm³/mol. The molecule has 1 aliphatic rings. The van der Waals surface area contributed by atoms with Crippen LogP contribution < -0.4 is 11.1 Å². The van der Waals surface area contributed by atoms with Crippen LogP contribution >= 0.6 is 0 Å². The molecular weight excluding hydrogens is 214 g/mol. The van der Waals surface area contributed by atoms with Crippen LogP contribution in [0.2, 0.25) is 0 Å². The summed E-state index contributed by atoms with van der Waals surface area (Å²) in [5, 5.41) is 2.85. The van der Waals surface area contributed by atoms with Crippen LogP contribution in [-0.2, 0) is 4.79 Å². The number of hydrogen-bond acceptors (Lipinski definition) is 3. The highest BCUT2D eigenvalue weighted by Crippen LogP contribution is 2.23. The fourth-order valence-electron chi connectivity index (χ4n) is 2.68. The summed E-state index contributed by atoms with van der Waals surface area (Å²) < 4.78 is 0. The number of carbonyl (C=O) groups is 1. The molecule has 1 aliphatic heterocycles. The van der Waals surface area contributed by atoms with Gasteiger partial charge in [0, 0.05) is 32.1 Å². The Balaban J connectivity index is 2.38. The number of nitrogens with zero attached hydrogens (tertiary/aromatic N) is 1. The van der Waals surface area contributed by atoms with E-state index in [4.69, 9.17) is 5.73 Å². The van der Waals surface area contributed by atoms with Gasteiger partial charge in [-0.05, 0) is 32.2 Å². The van der Waals surface area contributed by atoms with E-state index in [2.05, 4.69) is 17.1 Å². The molecule has 0 saturated carbocycles. The Labute approximate surface area is 105 Å². The van der Waals surface area contributed by atoms with E-state index >= 15 is 0 Å². The molecule has 4 heteroatoms. The lowest BCUT2D eigenvalue weighted by Crippen LogP contribution is -2.42. The van der Waals surface area contributed by atoms with Crippen molar-refractivity contribution in [3.8, 4) is 0 Å². The van der Waals surface area contributed by atoms with Gasteiger partial charge in [-0.3, -0.25) is 9.69 Å². The molecule has 0 bridgehead atoms. The summed E-state index contributed by atoms with van der Waals surface area (Å²) in [6.07, 6.45) is 4.36. The molecule has 17 heavy (non-hydrogen) atoms. The molecule has 1 heterocycles. The van der Waals surface area contributed by atoms with Crippen LogP contribution in [0.25, 0.3) is 0 Å². The second kappa shape index (κ2) is 7.67. The number of rotatable bonds is 7. The summed E-state index contributed by atoms with van der Waals surface area (Å²) in [4.78, 5) is 14.0. The van der Waals surface area contributed by atoms with Gasteiger partial charge < -0.3 is 11.1 Å². The maximum absolute atomic E-state index is 11.6. The minimum atomic E-state index is 0.127. The van der Waals surface area contributed by atoms with Crippen LogP contribution in [0, 0.1) is 5.92 Å². The monoisotopic (exact) mass is 241 g/mol. The number of amides is 1. The van der Waals surface area contributed by atoms with E-state index in [1.807, 2.05) is 6.92 Å². The van der Waals surface area contributed by atoms with Gasteiger partial charge in [-0.1, -0.05) is 13.3 Å². The molecule has 2 atom stereocenters. The lowest BCUT2D eigenvalue weighted by molar-refractivity contribution is -0.122. The molecule has 0 aromatic heterocycles. The van der Waals surface area contributed by atoms with E-state index in [9.17, 15) is 4.79 Å². The second-order valence-electron chi connectivity index (χ2n) is 4.99. The van der Waals surface area contributed by atoms with E-state index < -0.39 is 0 Å². The highest BCUT2D eigenvalue weighted by molar-refractivity contribution is 5.76. The highest BCUT2D eigenvalue weighted by Gasteiger charge is 2.28. The van der Waals surface area contributed by atoms with Crippen molar-refractivity contribution in [1.29, 1.82) is 0 Å². The number of likely N-dealkylation sites (tertiary alicyclic amines) is 1. The predicted octanol–water partition coefficient (Wildman–Crippen LogP) is 0.962. The summed E-state index contributed by atoms with van der Waals surface area (Å²) >= 11 is 0. The van der Waals surface area contributed by atoms with Crippen molar-refractivity contribution in [3.05, 3.63) is 0 Å². The zero-order valence-electron chi connectivity index (χ0n) is 11.2. The molecule has 1 saturated heterocycles. The first kappa shape index (κ1) is 14.5. The number of hydrogen-bond donors (Lipinski definition) is 2. The summed E-state index contributed by atoms with van der Waals surface area (Å²) in [5.74, 6) is 0.935. The van der Waals surface area contributed by atoms with Gasteiger partial charge in [-0.2, -0.15) is 0 Å². The van der Waals surface area contributed by atoms with Crippen molar-refractivity contribution in [2.75, 3.05) is 26.2 Å². The first-order valence-electron chi connectivity index (χ1n) is 6.92. The third-order valence-electron chi connectivity index (χ3n) is 3.60. The zero-order chi connectivity index (χ0) is 12.7. The first-order chi connectivity index (χ1) is 8.21. The fraction of sp³-hybridized carbons (Fsp3) is 0.923. The minimum Gasteiger partial charge on any atom is -0.356 e. The Morgan fingerprint density at radius 1 is 1.53 bits per heavy atom. The van der Waals surface area contributed by atoms with Crippen LogP contribution in [0.5, 0.6) is 0 Å². The Morgan fingerprint density at radius 2 is 2.29 bits per heavy atom. The molecule has 0 aromatic carbocycles. The van der Waals surface area contributed by atoms with Gasteiger partial charge in [0.25, 0.3) is 0 Å². The minimum absolute atomic E-state index is 0.127. The molecular formula is C13H27N3O. The molecule has 0 radical (unpaired) electrons. The van der Waals surface area contributed by atoms with Crippen molar-refractivity contribution in [2.45, 2.75) is 45.6 Å². The van der Waals surface area contributed by atoms with E-state index in [0.717, 1.165) is 19.0 Å². The van der Waals surface area contributed by atoms with Crippen molar-refractivity contribution >= 4 is 5.91 Å². The standard InChI is InChI=1S/C13H27N3O/c1-3-5-11-6-7-16(10-11)12(9-14)8-13(17)15-4-2/h11-12H,3-10,14H2,1-2H3,(H,15,17). The molecule has 1 amide bonds. The van der Waals surface area contributed by atoms with Crippen LogP contribution in [-0.4, -0.2) is 43.0 Å². The Bertz CT molecular complexity index is 233. The van der Waals surface area contributed by atoms with Crippen molar-refractivity contribution < 1.29 is 4.79 Å². The summed E-state index contributed by atoms with van der Waals surface area (Å²) in [6.45, 7) is 7.69. The fourth-order valence-corrected chi connectivity index (χ4v) is 2.68. The molecule has 3 N–H and O–H groups in total. The van der Waals surface area contributed by atoms with Gasteiger partial charge in [0.2, 0.25) is 5.91 Å². The van der Waals surface area contributed by atoms with E-state index in [1.165, 1.54) is 19.3 Å². The normalized spacial score (nSPS) is 22.6. The van der Waals surface area contributed by atoms with Crippen molar-refractivity contribution in [1.82, 2.24) is 10.2 Å². The molecule has 0 aliphatic carbocycles. The SMILES string of the molecule is CCCC1CCN(C(CN)CC(=O)NCC)C1. The third kappa shape index (κ3) is 4.64. The van der Waals surface area contributed by atoms with Crippen molar-refractivity contribution in [2.24, 2.45) is 11.7 Å².